The molecule has 2 aliphatic rings. The van der Waals surface area contributed by atoms with Gasteiger partial charge in [-0.15, -0.1) is 0 Å². The average molecular weight is 355 g/mol. The second-order valence-corrected chi connectivity index (χ2v) is 6.28. The SMILES string of the molecule is O=C(CCC1CCNC1)Nc1cc2c(cc1Br)OCCO2. The summed E-state index contributed by atoms with van der Waals surface area (Å²) >= 11 is 3.46. The molecule has 1 fully saturated rings. The Hall–Kier alpha value is -1.27. The standard InChI is InChI=1S/C15H19BrN2O3/c16-11-7-13-14(21-6-5-20-13)8-12(11)18-15(19)2-1-10-3-4-17-9-10/h7-8,10,17H,1-6,9H2,(H,18,19). The Bertz CT molecular complexity index is 530. The van der Waals surface area contributed by atoms with Gasteiger partial charge in [-0.25, -0.2) is 0 Å². The van der Waals surface area contributed by atoms with Crippen LogP contribution >= 0.6 is 15.9 Å². The van der Waals surface area contributed by atoms with Gasteiger partial charge >= 0.3 is 0 Å². The third kappa shape index (κ3) is 3.68. The van der Waals surface area contributed by atoms with Crippen LogP contribution in [0.1, 0.15) is 19.3 Å². The van der Waals surface area contributed by atoms with Crippen LogP contribution < -0.4 is 20.1 Å². The topological polar surface area (TPSA) is 59.6 Å². The van der Waals surface area contributed by atoms with Crippen LogP contribution in [0, 0.1) is 5.92 Å². The molecule has 2 aliphatic heterocycles. The van der Waals surface area contributed by atoms with Crippen molar-refractivity contribution in [1.82, 2.24) is 5.32 Å². The highest BCUT2D eigenvalue weighted by Gasteiger charge is 2.18. The number of rotatable bonds is 4. The fourth-order valence-corrected chi connectivity index (χ4v) is 3.09. The maximum atomic E-state index is 12.1. The lowest BCUT2D eigenvalue weighted by molar-refractivity contribution is -0.116. The second-order valence-electron chi connectivity index (χ2n) is 5.42. The summed E-state index contributed by atoms with van der Waals surface area (Å²) in [4.78, 5) is 12.1. The molecule has 0 aliphatic carbocycles. The average Bonchev–Trinajstić information content (AvgIpc) is 2.99. The monoisotopic (exact) mass is 354 g/mol. The first kappa shape index (κ1) is 14.7. The third-order valence-corrected chi connectivity index (χ3v) is 4.50. The fourth-order valence-electron chi connectivity index (χ4n) is 2.67. The van der Waals surface area contributed by atoms with Crippen LogP contribution in [0.4, 0.5) is 5.69 Å². The molecule has 0 aromatic heterocycles. The molecule has 1 unspecified atom stereocenters. The molecule has 2 N–H and O–H groups in total. The minimum absolute atomic E-state index is 0.0410. The highest BCUT2D eigenvalue weighted by molar-refractivity contribution is 9.10. The molecule has 5 nitrogen and oxygen atoms in total. The summed E-state index contributed by atoms with van der Waals surface area (Å²) < 4.78 is 11.8. The lowest BCUT2D eigenvalue weighted by Crippen LogP contribution is -2.17. The lowest BCUT2D eigenvalue weighted by Gasteiger charge is -2.20. The van der Waals surface area contributed by atoms with Crippen molar-refractivity contribution in [1.29, 1.82) is 0 Å². The van der Waals surface area contributed by atoms with Gasteiger partial charge in [-0.05, 0) is 47.8 Å². The molecule has 21 heavy (non-hydrogen) atoms. The van der Waals surface area contributed by atoms with Gasteiger partial charge in [0.2, 0.25) is 5.91 Å². The van der Waals surface area contributed by atoms with Crippen LogP contribution in [0.15, 0.2) is 16.6 Å². The number of anilines is 1. The van der Waals surface area contributed by atoms with E-state index in [1.165, 1.54) is 6.42 Å². The first-order valence-corrected chi connectivity index (χ1v) is 8.11. The van der Waals surface area contributed by atoms with Gasteiger partial charge in [0.05, 0.1) is 5.69 Å². The number of nitrogens with one attached hydrogen (secondary N) is 2. The van der Waals surface area contributed by atoms with Crippen molar-refractivity contribution in [3.8, 4) is 11.5 Å². The number of halogens is 1. The van der Waals surface area contributed by atoms with Crippen molar-refractivity contribution in [3.63, 3.8) is 0 Å². The molecule has 1 aromatic carbocycles. The van der Waals surface area contributed by atoms with Crippen LogP contribution in [0.25, 0.3) is 0 Å². The van der Waals surface area contributed by atoms with Crippen LogP contribution in [-0.2, 0) is 4.79 Å². The second kappa shape index (κ2) is 6.66. The minimum Gasteiger partial charge on any atom is -0.486 e. The maximum absolute atomic E-state index is 12.1. The van der Waals surface area contributed by atoms with Crippen LogP contribution in [0.3, 0.4) is 0 Å². The van der Waals surface area contributed by atoms with E-state index in [1.54, 1.807) is 0 Å². The molecule has 0 bridgehead atoms. The van der Waals surface area contributed by atoms with Gasteiger partial charge in [0.25, 0.3) is 0 Å². The van der Waals surface area contributed by atoms with Gasteiger partial charge in [-0.3, -0.25) is 4.79 Å². The van der Waals surface area contributed by atoms with Gasteiger partial charge < -0.3 is 20.1 Å². The van der Waals surface area contributed by atoms with Crippen molar-refractivity contribution < 1.29 is 14.3 Å². The van der Waals surface area contributed by atoms with Crippen molar-refractivity contribution in [2.75, 3.05) is 31.6 Å². The smallest absolute Gasteiger partial charge is 0.224 e. The Labute approximate surface area is 132 Å². The van der Waals surface area contributed by atoms with Gasteiger partial charge in [0, 0.05) is 23.0 Å². The quantitative estimate of drug-likeness (QED) is 0.872. The predicted octanol–water partition coefficient (Wildman–Crippen LogP) is 2.55. The molecule has 1 aromatic rings. The van der Waals surface area contributed by atoms with E-state index in [-0.39, 0.29) is 5.91 Å². The van der Waals surface area contributed by atoms with Gasteiger partial charge in [-0.2, -0.15) is 0 Å². The summed E-state index contributed by atoms with van der Waals surface area (Å²) in [6, 6.07) is 3.65. The first-order valence-electron chi connectivity index (χ1n) is 7.32. The molecule has 0 spiro atoms. The van der Waals surface area contributed by atoms with Gasteiger partial charge in [0.15, 0.2) is 11.5 Å². The number of carbonyl (C=O) groups is 1. The molecule has 2 heterocycles. The van der Waals surface area contributed by atoms with Crippen molar-refractivity contribution in [3.05, 3.63) is 16.6 Å². The Kier molecular flexibility index (Phi) is 4.65. The largest absolute Gasteiger partial charge is 0.486 e. The van der Waals surface area contributed by atoms with Crippen LogP contribution in [0.2, 0.25) is 0 Å². The van der Waals surface area contributed by atoms with E-state index >= 15 is 0 Å². The van der Waals surface area contributed by atoms with E-state index in [4.69, 9.17) is 9.47 Å². The molecule has 114 valence electrons. The van der Waals surface area contributed by atoms with E-state index in [2.05, 4.69) is 26.6 Å². The molecule has 3 rings (SSSR count). The van der Waals surface area contributed by atoms with E-state index < -0.39 is 0 Å². The number of ether oxygens (including phenoxy) is 2. The summed E-state index contributed by atoms with van der Waals surface area (Å²) in [5.41, 5.74) is 0.730. The van der Waals surface area contributed by atoms with E-state index in [0.29, 0.717) is 37.1 Å². The molecular formula is C15H19BrN2O3. The molecule has 1 atom stereocenters. The number of carbonyl (C=O) groups excluding carboxylic acids is 1. The predicted molar refractivity (Wildman–Crippen MR) is 84.0 cm³/mol. The molecule has 0 saturated carbocycles. The molecule has 1 amide bonds. The zero-order valence-corrected chi connectivity index (χ0v) is 13.4. The summed E-state index contributed by atoms with van der Waals surface area (Å²) in [6.45, 7) is 3.19. The Morgan fingerprint density at radius 2 is 2.10 bits per heavy atom. The number of benzene rings is 1. The van der Waals surface area contributed by atoms with E-state index in [1.807, 2.05) is 12.1 Å². The van der Waals surface area contributed by atoms with Crippen LogP contribution in [0.5, 0.6) is 11.5 Å². The minimum atomic E-state index is 0.0410. The van der Waals surface area contributed by atoms with Crippen LogP contribution in [-0.4, -0.2) is 32.2 Å². The highest BCUT2D eigenvalue weighted by Crippen LogP contribution is 2.38. The van der Waals surface area contributed by atoms with Crippen molar-refractivity contribution in [2.45, 2.75) is 19.3 Å². The molecule has 0 radical (unpaired) electrons. The summed E-state index contributed by atoms with van der Waals surface area (Å²) in [5, 5.41) is 6.26. The lowest BCUT2D eigenvalue weighted by atomic mass is 10.0. The zero-order chi connectivity index (χ0) is 14.7. The summed E-state index contributed by atoms with van der Waals surface area (Å²) in [7, 11) is 0. The number of fused-ring (bicyclic) bond motifs is 1. The number of hydrogen-bond donors (Lipinski definition) is 2. The number of amides is 1. The summed E-state index contributed by atoms with van der Waals surface area (Å²) in [6.07, 6.45) is 2.65. The van der Waals surface area contributed by atoms with E-state index in [9.17, 15) is 4.79 Å². The maximum Gasteiger partial charge on any atom is 0.224 e. The first-order chi connectivity index (χ1) is 10.2. The zero-order valence-electron chi connectivity index (χ0n) is 11.8. The molecule has 6 heteroatoms. The third-order valence-electron chi connectivity index (χ3n) is 3.85. The molecule has 1 saturated heterocycles. The van der Waals surface area contributed by atoms with Gasteiger partial charge in [0.1, 0.15) is 13.2 Å². The summed E-state index contributed by atoms with van der Waals surface area (Å²) in [5.74, 6) is 2.06. The Morgan fingerprint density at radius 3 is 2.81 bits per heavy atom. The van der Waals surface area contributed by atoms with Crippen molar-refractivity contribution in [2.24, 2.45) is 5.92 Å². The molecular weight excluding hydrogens is 336 g/mol. The normalized spacial score (nSPS) is 20.3. The Morgan fingerprint density at radius 1 is 1.33 bits per heavy atom. The van der Waals surface area contributed by atoms with Gasteiger partial charge in [-0.1, -0.05) is 0 Å². The fraction of sp³-hybridized carbons (Fsp3) is 0.533. The Balaban J connectivity index is 1.59. The van der Waals surface area contributed by atoms with E-state index in [0.717, 1.165) is 29.7 Å². The van der Waals surface area contributed by atoms with Crippen molar-refractivity contribution >= 4 is 27.5 Å². The number of hydrogen-bond acceptors (Lipinski definition) is 4. The highest BCUT2D eigenvalue weighted by atomic mass is 79.9.